The highest BCUT2D eigenvalue weighted by Gasteiger charge is 2.54. The molecule has 13 rings (SSSR count). The molecule has 4 aromatic carbocycles. The number of nitrogens with two attached hydrogens (primary N) is 2. The Hall–Kier alpha value is -7.66. The normalized spacial score (nSPS) is 24.0. The van der Waals surface area contributed by atoms with Crippen molar-refractivity contribution in [3.05, 3.63) is 139 Å². The van der Waals surface area contributed by atoms with Crippen molar-refractivity contribution in [2.24, 2.45) is 0 Å². The van der Waals surface area contributed by atoms with E-state index in [4.69, 9.17) is 64.8 Å². The molecule has 3 fully saturated rings. The summed E-state index contributed by atoms with van der Waals surface area (Å²) in [5.41, 5.74) is 18.3. The number of rotatable bonds is 24. The molecule has 9 aromatic rings. The molecule has 0 aliphatic carbocycles. The number of esters is 1. The zero-order valence-corrected chi connectivity index (χ0v) is 59.9. The molecule has 32 nitrogen and oxygen atoms in total. The number of hydrogen-bond acceptors (Lipinski definition) is 28. The van der Waals surface area contributed by atoms with Gasteiger partial charge in [0, 0.05) is 42.9 Å². The van der Waals surface area contributed by atoms with Gasteiger partial charge in [-0.05, 0) is 102 Å². The highest BCUT2D eigenvalue weighted by atomic mass is 32.7. The molecular formula is C64H72N15O17P3S3. The van der Waals surface area contributed by atoms with E-state index < -0.39 is 88.3 Å². The van der Waals surface area contributed by atoms with E-state index in [9.17, 15) is 34.1 Å². The zero-order valence-electron chi connectivity index (χ0n) is 54.7. The number of aromatic nitrogens is 11. The quantitative estimate of drug-likeness (QED) is 0.00979. The summed E-state index contributed by atoms with van der Waals surface area (Å²) in [5, 5.41) is 36.0. The van der Waals surface area contributed by atoms with E-state index >= 15 is 4.57 Å². The maximum atomic E-state index is 15.5. The predicted octanol–water partition coefficient (Wildman–Crippen LogP) is 8.50. The monoisotopic (exact) mass is 1510 g/mol. The van der Waals surface area contributed by atoms with Crippen molar-refractivity contribution in [2.45, 2.75) is 119 Å². The molecule has 1 unspecified atom stereocenters. The lowest BCUT2D eigenvalue weighted by atomic mass is 9.95. The van der Waals surface area contributed by atoms with Crippen LogP contribution in [0.2, 0.25) is 0 Å². The molecule has 102 heavy (non-hydrogen) atoms. The summed E-state index contributed by atoms with van der Waals surface area (Å²) >= 11 is 9.86. The fourth-order valence-electron chi connectivity index (χ4n) is 12.2. The lowest BCUT2D eigenvalue weighted by Crippen LogP contribution is -2.36. The van der Waals surface area contributed by atoms with Gasteiger partial charge in [-0.25, -0.2) is 48.5 Å². The van der Waals surface area contributed by atoms with Gasteiger partial charge in [0.15, 0.2) is 41.9 Å². The Morgan fingerprint density at radius 1 is 0.735 bits per heavy atom. The number of amides is 2. The molecule has 11 atom stereocenters. The van der Waals surface area contributed by atoms with Crippen molar-refractivity contribution >= 4 is 113 Å². The van der Waals surface area contributed by atoms with Crippen molar-refractivity contribution in [3.8, 4) is 34.0 Å². The van der Waals surface area contributed by atoms with Gasteiger partial charge in [0.2, 0.25) is 11.8 Å². The number of carbonyl (C=O) groups is 3. The van der Waals surface area contributed by atoms with Crippen LogP contribution in [0.4, 0.5) is 17.3 Å². The number of hydrogen-bond donors (Lipinski definition) is 7. The first kappa shape index (κ1) is 72.7. The maximum absolute atomic E-state index is 15.5. The molecule has 0 radical (unpaired) electrons. The Bertz CT molecular complexity index is 4670. The number of nitrogens with one attached hydrogen (secondary N) is 1. The number of aliphatic hydroxyl groups is 2. The van der Waals surface area contributed by atoms with Gasteiger partial charge in [-0.15, -0.1) is 5.10 Å². The Balaban J connectivity index is 0.633. The van der Waals surface area contributed by atoms with Gasteiger partial charge >= 0.3 is 19.6 Å². The third-order valence-electron chi connectivity index (χ3n) is 17.3. The molecule has 8 N–H and O–H groups in total. The first-order valence-corrected chi connectivity index (χ1v) is 41.5. The van der Waals surface area contributed by atoms with Crippen LogP contribution in [0.5, 0.6) is 11.5 Å². The summed E-state index contributed by atoms with van der Waals surface area (Å²) in [5.74, 6) is -0.0495. The fraction of sp³-hybridized carbons (Fsp3) is 0.391. The summed E-state index contributed by atoms with van der Waals surface area (Å²) in [6, 6.07) is 28.3. The molecular weight excluding hydrogens is 1440 g/mol. The molecule has 38 heteroatoms. The van der Waals surface area contributed by atoms with Gasteiger partial charge in [0.05, 0.1) is 62.5 Å². The summed E-state index contributed by atoms with van der Waals surface area (Å²) in [7, 11) is 0. The molecule has 2 bridgehead atoms. The lowest BCUT2D eigenvalue weighted by Gasteiger charge is -2.28. The SMILES string of the molecule is CP(O)(=S)OCCCCCCNC(=O)CCCCC(=O)N1Cc2ccccc2-c2c(nnn2CCOc2ccc(C(=O)Oc3ccc(CS[P@]4(=O)OC[C@H]5O[C@@H](n6cnc7c(N)ncnc76)[C@H](O)[C@@H]5O[P@](=O)(S)OC[C@H]5O[C@@H](n6cnc7c(N)ncnc76)[C@H](O4)[C@@H]5O)cc3)cc2)-c2ccccc21. The largest absolute Gasteiger partial charge is 0.492 e. The van der Waals surface area contributed by atoms with Gasteiger partial charge in [0.25, 0.3) is 0 Å². The highest BCUT2D eigenvalue weighted by molar-refractivity contribution is 8.54. The molecule has 0 spiro atoms. The Labute approximate surface area is 597 Å². The number of carbonyl (C=O) groups excluding carboxylic acids is 3. The van der Waals surface area contributed by atoms with E-state index in [1.165, 1.54) is 41.1 Å². The fourth-order valence-corrected chi connectivity index (χ4v) is 17.8. The van der Waals surface area contributed by atoms with Crippen LogP contribution in [0.15, 0.2) is 122 Å². The number of thiol groups is 1. The minimum atomic E-state index is -4.55. The van der Waals surface area contributed by atoms with Crippen molar-refractivity contribution in [1.29, 1.82) is 0 Å². The lowest BCUT2D eigenvalue weighted by molar-refractivity contribution is -0.122. The highest BCUT2D eigenvalue weighted by Crippen LogP contribution is 2.65. The second kappa shape index (κ2) is 31.7. The van der Waals surface area contributed by atoms with E-state index in [2.05, 4.69) is 57.8 Å². The summed E-state index contributed by atoms with van der Waals surface area (Å²) < 4.78 is 88.1. The van der Waals surface area contributed by atoms with Gasteiger partial charge < -0.3 is 60.3 Å². The molecule has 2 amide bonds. The summed E-state index contributed by atoms with van der Waals surface area (Å²) in [6.07, 6.45) is -1.39. The van der Waals surface area contributed by atoms with E-state index in [1.807, 2.05) is 48.5 Å². The number of anilines is 3. The molecule has 4 aliphatic rings. The molecule has 5 aromatic heterocycles. The van der Waals surface area contributed by atoms with Gasteiger partial charge in [-0.1, -0.05) is 84.9 Å². The van der Waals surface area contributed by atoms with Crippen LogP contribution >= 0.6 is 43.7 Å². The molecule has 4 aliphatic heterocycles. The number of aliphatic hydroxyl groups excluding tert-OH is 2. The third-order valence-corrected chi connectivity index (χ3v) is 23.5. The van der Waals surface area contributed by atoms with Crippen LogP contribution in [0.1, 0.15) is 85.3 Å². The average Bonchev–Trinajstić information content (AvgIpc) is 1.55. The van der Waals surface area contributed by atoms with Crippen LogP contribution in [-0.2, 0) is 81.5 Å². The molecule has 3 saturated heterocycles. The minimum absolute atomic E-state index is 0.0458. The third kappa shape index (κ3) is 16.8. The van der Waals surface area contributed by atoms with Crippen molar-refractivity contribution in [2.75, 3.05) is 56.0 Å². The number of nitrogens with zero attached hydrogens (tertiary/aromatic N) is 12. The first-order valence-electron chi connectivity index (χ1n) is 32.6. The van der Waals surface area contributed by atoms with Crippen molar-refractivity contribution in [3.63, 3.8) is 0 Å². The topological polar surface area (TPSA) is 414 Å². The smallest absolute Gasteiger partial charge is 0.390 e. The van der Waals surface area contributed by atoms with Crippen LogP contribution in [0.3, 0.4) is 0 Å². The van der Waals surface area contributed by atoms with Gasteiger partial charge in [0.1, 0.15) is 84.1 Å². The van der Waals surface area contributed by atoms with Gasteiger partial charge in [-0.3, -0.25) is 36.8 Å². The van der Waals surface area contributed by atoms with Crippen LogP contribution in [0, 0.1) is 0 Å². The number of nitrogen functional groups attached to an aromatic ring is 2. The maximum Gasteiger partial charge on any atom is 0.390 e. The van der Waals surface area contributed by atoms with Gasteiger partial charge in [-0.2, -0.15) is 0 Å². The number of fused-ring (bicyclic) bond motifs is 10. The predicted molar refractivity (Wildman–Crippen MR) is 380 cm³/mol. The number of ether oxygens (including phenoxy) is 4. The number of imidazole rings is 2. The molecule has 9 heterocycles. The Morgan fingerprint density at radius 3 is 2.13 bits per heavy atom. The van der Waals surface area contributed by atoms with Crippen LogP contribution in [0.25, 0.3) is 44.8 Å². The second-order valence-electron chi connectivity index (χ2n) is 24.4. The second-order valence-corrected chi connectivity index (χ2v) is 35.2. The zero-order chi connectivity index (χ0) is 71.3. The van der Waals surface area contributed by atoms with E-state index in [0.717, 1.165) is 59.4 Å². The van der Waals surface area contributed by atoms with E-state index in [-0.39, 0.29) is 75.9 Å². The average molecular weight is 1510 g/mol. The van der Waals surface area contributed by atoms with E-state index in [0.29, 0.717) is 68.2 Å². The van der Waals surface area contributed by atoms with Crippen LogP contribution < -0.4 is 31.2 Å². The number of unbranched alkanes of at least 4 members (excludes halogenated alkanes) is 4. The Morgan fingerprint density at radius 2 is 1.39 bits per heavy atom. The summed E-state index contributed by atoms with van der Waals surface area (Å²) in [4.78, 5) is 76.9. The first-order chi connectivity index (χ1) is 49.2. The minimum Gasteiger partial charge on any atom is -0.492 e. The van der Waals surface area contributed by atoms with Crippen molar-refractivity contribution < 1.29 is 80.2 Å². The Kier molecular flexibility index (Phi) is 22.6. The molecule has 0 saturated carbocycles. The molecule has 538 valence electrons. The standard InChI is InChI=1S/C64H72N15O17P3S3/c1-97(85,100)89-28-11-3-2-10-26-67-48(80)16-8-9-17-49(81)76-30-40-12-4-5-13-43(40)53-50(44-14-6-7-15-45(44)76)74-75-79(53)27-29-88-41-24-20-39(21-25-41)64(84)92-42-22-18-38(19-23-42)33-102-99(87)91-32-47-56(55(83)62(94-47)77-36-72-51-58(65)68-34-70-60(51)77)95-98(86,101)90-31-46-54(82)57(96-99)63(93-46)78-37-73-52-59(66)69-35-71-61(52)78/h4-7,12-15,18-25,34-37,46-47,54-57,62-63,82-83H,2-3,8-11,16-17,26-33H2,1H3,(H,67,80)(H,85,100)(H,86,101)(H2,65,68,70)(H2,66,69,71)/t46-,47-,54-,55-,56-,57-,62-,63-,97?,98-,99-/m1/s1. The summed E-state index contributed by atoms with van der Waals surface area (Å²) in [6.45, 7) is -9.57. The number of para-hydroxylation sites is 1. The van der Waals surface area contributed by atoms with Crippen molar-refractivity contribution in [1.82, 2.24) is 59.3 Å². The van der Waals surface area contributed by atoms with Crippen LogP contribution in [-0.4, -0.2) is 163 Å². The van der Waals surface area contributed by atoms with E-state index in [1.54, 1.807) is 58.1 Å². The number of benzene rings is 4.